The minimum absolute atomic E-state index is 0.00437. The number of aryl methyl sites for hydroxylation is 2. The highest BCUT2D eigenvalue weighted by molar-refractivity contribution is 7.00. The Labute approximate surface area is 374 Å². The van der Waals surface area contributed by atoms with Crippen LogP contribution in [0.2, 0.25) is 0 Å². The van der Waals surface area contributed by atoms with Crippen LogP contribution in [0.5, 0.6) is 0 Å². The van der Waals surface area contributed by atoms with E-state index in [0.29, 0.717) is 0 Å². The van der Waals surface area contributed by atoms with Gasteiger partial charge in [0.15, 0.2) is 0 Å². The Bertz CT molecular complexity index is 3450. The Morgan fingerprint density at radius 3 is 1.70 bits per heavy atom. The maximum atomic E-state index is 7.28. The van der Waals surface area contributed by atoms with Gasteiger partial charge in [-0.15, -0.1) is 0 Å². The molecule has 0 atom stereocenters. The lowest BCUT2D eigenvalue weighted by atomic mass is 9.35. The van der Waals surface area contributed by atoms with Gasteiger partial charge < -0.3 is 23.1 Å². The zero-order chi connectivity index (χ0) is 43.8. The molecule has 312 valence electrons. The van der Waals surface area contributed by atoms with Crippen molar-refractivity contribution in [3.8, 4) is 22.6 Å². The molecular weight excluding hydrogens is 783 g/mol. The Morgan fingerprint density at radius 2 is 1.06 bits per heavy atom. The molecule has 7 aromatic carbocycles. The number of anilines is 6. The molecule has 0 radical (unpaired) electrons. The third kappa shape index (κ3) is 5.85. The highest BCUT2D eigenvalue weighted by Crippen LogP contribution is 2.50. The Balaban J connectivity index is 1.15. The summed E-state index contributed by atoms with van der Waals surface area (Å²) >= 11 is 0. The first-order valence-electron chi connectivity index (χ1n) is 22.4. The van der Waals surface area contributed by atoms with Crippen LogP contribution < -0.4 is 26.4 Å². The van der Waals surface area contributed by atoms with Gasteiger partial charge in [0.25, 0.3) is 6.71 Å². The maximum absolute atomic E-state index is 7.28. The van der Waals surface area contributed by atoms with Crippen molar-refractivity contribution in [3.63, 3.8) is 0 Å². The van der Waals surface area contributed by atoms with Gasteiger partial charge in [0.05, 0.1) is 17.0 Å². The lowest BCUT2D eigenvalue weighted by Gasteiger charge is -2.43. The molecule has 0 fully saturated rings. The Hall–Kier alpha value is -7.18. The SMILES string of the molecule is Cc1cc(C(C)(C)C)cc(C)c1N1c2cccc3c2B(c2ccc(-c4cc5ccccc5o4)cc2N3c2cccc(-c3cc4ccccc4o3)c2)c2oc3ccc(C(C)(C)C)cc3c21. The number of nitrogens with zero attached hydrogens (tertiary/aromatic N) is 2. The van der Waals surface area contributed by atoms with E-state index >= 15 is 0 Å². The number of hydrogen-bond acceptors (Lipinski definition) is 5. The topological polar surface area (TPSA) is 45.9 Å². The largest absolute Gasteiger partial charge is 0.468 e. The lowest BCUT2D eigenvalue weighted by molar-refractivity contribution is 0.589. The monoisotopic (exact) mass is 832 g/mol. The molecule has 0 aliphatic carbocycles. The van der Waals surface area contributed by atoms with Crippen molar-refractivity contribution in [2.45, 2.75) is 66.2 Å². The van der Waals surface area contributed by atoms with Crippen molar-refractivity contribution in [2.24, 2.45) is 0 Å². The number of hydrogen-bond donors (Lipinski definition) is 0. The fourth-order valence-electron chi connectivity index (χ4n) is 10.3. The molecule has 5 nitrogen and oxygen atoms in total. The first kappa shape index (κ1) is 38.5. The van der Waals surface area contributed by atoms with E-state index in [1.54, 1.807) is 0 Å². The zero-order valence-electron chi connectivity index (χ0n) is 37.6. The summed E-state index contributed by atoms with van der Waals surface area (Å²) in [4.78, 5) is 4.96. The average Bonchev–Trinajstić information content (AvgIpc) is 4.01. The van der Waals surface area contributed by atoms with Gasteiger partial charge in [0.2, 0.25) is 0 Å². The first-order chi connectivity index (χ1) is 30.8. The summed E-state index contributed by atoms with van der Waals surface area (Å²) in [6, 6.07) is 54.7. The highest BCUT2D eigenvalue weighted by atomic mass is 16.3. The van der Waals surface area contributed by atoms with Crippen LogP contribution in [0.3, 0.4) is 0 Å². The second-order valence-electron chi connectivity index (χ2n) is 19.9. The summed E-state index contributed by atoms with van der Waals surface area (Å²) in [5.74, 6) is 1.67. The van der Waals surface area contributed by atoms with E-state index in [0.717, 1.165) is 89.7 Å². The maximum Gasteiger partial charge on any atom is 0.297 e. The standard InChI is InChI=1S/C58H49BN2O3/c1-34-27-41(58(6,7)8)28-35(2)54(34)61-46-20-14-19-45-53(46)59(56-55(61)43-33-40(57(3,4)5)24-26-50(43)64-56)44-25-23-39(52-32-38-16-10-12-22-49(38)63-52)30-47(44)60(45)42-18-13-17-36(29-42)51-31-37-15-9-11-21-48(37)62-51/h9-33H,1-8H3. The van der Waals surface area contributed by atoms with Gasteiger partial charge in [-0.3, -0.25) is 0 Å². The van der Waals surface area contributed by atoms with Crippen molar-refractivity contribution in [3.05, 3.63) is 174 Å². The second-order valence-corrected chi connectivity index (χ2v) is 19.9. The number of para-hydroxylation sites is 2. The van der Waals surface area contributed by atoms with E-state index in [1.807, 2.05) is 24.3 Å². The zero-order valence-corrected chi connectivity index (χ0v) is 37.6. The fourth-order valence-corrected chi connectivity index (χ4v) is 10.3. The van der Waals surface area contributed by atoms with Crippen LogP contribution in [-0.2, 0) is 10.8 Å². The second kappa shape index (κ2) is 13.7. The molecule has 6 heteroatoms. The molecular formula is C58H49BN2O3. The summed E-state index contributed by atoms with van der Waals surface area (Å²) in [5, 5.41) is 3.29. The molecule has 3 aromatic heterocycles. The predicted molar refractivity (Wildman–Crippen MR) is 268 cm³/mol. The third-order valence-corrected chi connectivity index (χ3v) is 13.6. The summed E-state index contributed by atoms with van der Waals surface area (Å²) in [6.45, 7) is 18.1. The summed E-state index contributed by atoms with van der Waals surface area (Å²) < 4.78 is 20.3. The molecule has 0 amide bonds. The van der Waals surface area contributed by atoms with Gasteiger partial charge in [0.1, 0.15) is 28.3 Å². The van der Waals surface area contributed by atoms with Gasteiger partial charge in [0, 0.05) is 50.0 Å². The molecule has 64 heavy (non-hydrogen) atoms. The Kier molecular flexibility index (Phi) is 8.22. The van der Waals surface area contributed by atoms with Crippen molar-refractivity contribution >= 4 is 90.3 Å². The third-order valence-electron chi connectivity index (χ3n) is 13.6. The molecule has 0 N–H and O–H groups in total. The average molecular weight is 833 g/mol. The normalized spacial score (nSPS) is 13.5. The number of rotatable bonds is 4. The lowest BCUT2D eigenvalue weighted by Crippen LogP contribution is -2.61. The summed E-state index contributed by atoms with van der Waals surface area (Å²) in [5.41, 5.74) is 19.7. The van der Waals surface area contributed by atoms with Crippen LogP contribution in [0.1, 0.15) is 63.8 Å². The van der Waals surface area contributed by atoms with Crippen LogP contribution in [0.4, 0.5) is 34.1 Å². The van der Waals surface area contributed by atoms with Crippen LogP contribution in [0, 0.1) is 13.8 Å². The van der Waals surface area contributed by atoms with Crippen LogP contribution in [0.15, 0.2) is 165 Å². The fraction of sp³-hybridized carbons (Fsp3) is 0.172. The molecule has 0 spiro atoms. The van der Waals surface area contributed by atoms with E-state index in [1.165, 1.54) is 38.9 Å². The van der Waals surface area contributed by atoms with E-state index in [9.17, 15) is 0 Å². The van der Waals surface area contributed by atoms with Gasteiger partial charge in [-0.05, 0) is 125 Å². The Morgan fingerprint density at radius 1 is 0.453 bits per heavy atom. The molecule has 0 bridgehead atoms. The minimum atomic E-state index is -0.188. The molecule has 12 rings (SSSR count). The molecule has 5 heterocycles. The molecule has 2 aliphatic heterocycles. The van der Waals surface area contributed by atoms with Gasteiger partial charge in [-0.1, -0.05) is 126 Å². The van der Waals surface area contributed by atoms with Crippen LogP contribution in [0.25, 0.3) is 55.6 Å². The summed E-state index contributed by atoms with van der Waals surface area (Å²) in [6.07, 6.45) is 0. The van der Waals surface area contributed by atoms with Crippen molar-refractivity contribution in [1.82, 2.24) is 0 Å². The molecule has 2 aliphatic rings. The smallest absolute Gasteiger partial charge is 0.297 e. The van der Waals surface area contributed by atoms with Gasteiger partial charge in [-0.2, -0.15) is 0 Å². The number of furan rings is 3. The molecule has 0 unspecified atom stereocenters. The van der Waals surface area contributed by atoms with E-state index in [-0.39, 0.29) is 17.5 Å². The quantitative estimate of drug-likeness (QED) is 0.165. The van der Waals surface area contributed by atoms with Crippen LogP contribution >= 0.6 is 0 Å². The van der Waals surface area contributed by atoms with Gasteiger partial charge in [-0.25, -0.2) is 0 Å². The van der Waals surface area contributed by atoms with Crippen molar-refractivity contribution in [2.75, 3.05) is 9.80 Å². The predicted octanol–water partition coefficient (Wildman–Crippen LogP) is 14.6. The minimum Gasteiger partial charge on any atom is -0.468 e. The van der Waals surface area contributed by atoms with Gasteiger partial charge >= 0.3 is 0 Å². The van der Waals surface area contributed by atoms with Crippen molar-refractivity contribution < 1.29 is 13.3 Å². The first-order valence-corrected chi connectivity index (χ1v) is 22.4. The number of benzene rings is 7. The molecule has 10 aromatic rings. The molecule has 0 saturated heterocycles. The van der Waals surface area contributed by atoms with E-state index < -0.39 is 0 Å². The van der Waals surface area contributed by atoms with Crippen molar-refractivity contribution in [1.29, 1.82) is 0 Å². The highest BCUT2D eigenvalue weighted by Gasteiger charge is 2.47. The summed E-state index contributed by atoms with van der Waals surface area (Å²) in [7, 11) is 0. The van der Waals surface area contributed by atoms with E-state index in [2.05, 4.69) is 193 Å². The van der Waals surface area contributed by atoms with Crippen LogP contribution in [-0.4, -0.2) is 6.71 Å². The number of fused-ring (bicyclic) bond motifs is 8. The molecule has 0 saturated carbocycles. The van der Waals surface area contributed by atoms with E-state index in [4.69, 9.17) is 13.3 Å².